The van der Waals surface area contributed by atoms with Gasteiger partial charge in [-0.25, -0.2) is 15.0 Å². The van der Waals surface area contributed by atoms with Crippen LogP contribution >= 0.6 is 0 Å². The molecule has 130 valence electrons. The first-order chi connectivity index (χ1) is 11.6. The Morgan fingerprint density at radius 3 is 1.79 bits per heavy atom. The van der Waals surface area contributed by atoms with Crippen LogP contribution in [0.25, 0.3) is 0 Å². The Hall–Kier alpha value is -1.91. The van der Waals surface area contributed by atoms with Gasteiger partial charge in [-0.2, -0.15) is 0 Å². The first-order valence-electron chi connectivity index (χ1n) is 9.01. The van der Waals surface area contributed by atoms with Gasteiger partial charge in [0.25, 0.3) is 0 Å². The maximum atomic E-state index is 5.78. The fraction of sp³-hybridized carbons (Fsp3) is 0.632. The lowest BCUT2D eigenvalue weighted by Crippen LogP contribution is -2.16. The molecule has 5 nitrogen and oxygen atoms in total. The Labute approximate surface area is 144 Å². The summed E-state index contributed by atoms with van der Waals surface area (Å²) in [6.45, 7) is 10.1. The van der Waals surface area contributed by atoms with Gasteiger partial charge in [0.05, 0.1) is 12.1 Å². The van der Waals surface area contributed by atoms with Crippen LogP contribution in [0.3, 0.4) is 0 Å². The van der Waals surface area contributed by atoms with Crippen LogP contribution < -0.4 is 0 Å². The number of hydrogen-bond donors (Lipinski definition) is 0. The molecule has 24 heavy (non-hydrogen) atoms. The Bertz CT molecular complexity index is 590. The first-order valence-corrected chi connectivity index (χ1v) is 9.01. The molecular formula is C19H27N3O2. The molecule has 0 saturated carbocycles. The molecule has 0 amide bonds. The van der Waals surface area contributed by atoms with Crippen molar-refractivity contribution in [1.82, 2.24) is 4.98 Å². The van der Waals surface area contributed by atoms with Crippen molar-refractivity contribution in [2.75, 3.05) is 13.2 Å². The number of aromatic nitrogens is 1. The minimum absolute atomic E-state index is 0.227. The van der Waals surface area contributed by atoms with Gasteiger partial charge in [-0.15, -0.1) is 0 Å². The van der Waals surface area contributed by atoms with Crippen molar-refractivity contribution in [3.63, 3.8) is 0 Å². The van der Waals surface area contributed by atoms with Gasteiger partial charge in [0.15, 0.2) is 0 Å². The monoisotopic (exact) mass is 329 g/mol. The van der Waals surface area contributed by atoms with Gasteiger partial charge in [0.2, 0.25) is 11.8 Å². The molecule has 0 saturated heterocycles. The summed E-state index contributed by atoms with van der Waals surface area (Å²) in [5.74, 6) is 2.31. The van der Waals surface area contributed by atoms with Crippen LogP contribution in [0.4, 0.5) is 0 Å². The molecule has 3 rings (SSSR count). The van der Waals surface area contributed by atoms with Crippen molar-refractivity contribution < 1.29 is 9.47 Å². The van der Waals surface area contributed by atoms with E-state index in [-0.39, 0.29) is 12.1 Å². The van der Waals surface area contributed by atoms with Gasteiger partial charge in [-0.1, -0.05) is 46.6 Å². The molecule has 1 aromatic heterocycles. The fourth-order valence-electron chi connectivity index (χ4n) is 2.86. The van der Waals surface area contributed by atoms with Gasteiger partial charge in [-0.3, -0.25) is 0 Å². The van der Waals surface area contributed by atoms with Gasteiger partial charge in [-0.05, 0) is 24.0 Å². The van der Waals surface area contributed by atoms with Crippen molar-refractivity contribution in [3.05, 3.63) is 29.6 Å². The average molecular weight is 329 g/mol. The second kappa shape index (κ2) is 7.32. The number of hydrogen-bond acceptors (Lipinski definition) is 5. The molecule has 0 bridgehead atoms. The zero-order chi connectivity index (χ0) is 17.1. The van der Waals surface area contributed by atoms with Crippen LogP contribution in [0.1, 0.15) is 51.9 Å². The van der Waals surface area contributed by atoms with Crippen molar-refractivity contribution in [3.8, 4) is 0 Å². The highest BCUT2D eigenvalue weighted by atomic mass is 16.5. The van der Waals surface area contributed by atoms with E-state index in [4.69, 9.17) is 19.5 Å². The van der Waals surface area contributed by atoms with Crippen molar-refractivity contribution in [2.45, 2.75) is 52.6 Å². The second-order valence-corrected chi connectivity index (χ2v) is 6.80. The van der Waals surface area contributed by atoms with Crippen molar-refractivity contribution >= 4 is 11.8 Å². The van der Waals surface area contributed by atoms with Gasteiger partial charge < -0.3 is 9.47 Å². The molecule has 5 heteroatoms. The van der Waals surface area contributed by atoms with Crippen LogP contribution in [-0.2, 0) is 9.47 Å². The molecule has 0 radical (unpaired) electrons. The minimum atomic E-state index is 0.227. The second-order valence-electron chi connectivity index (χ2n) is 6.80. The number of pyridine rings is 1. The zero-order valence-corrected chi connectivity index (χ0v) is 15.0. The summed E-state index contributed by atoms with van der Waals surface area (Å²) in [6, 6.07) is 6.28. The van der Waals surface area contributed by atoms with E-state index in [2.05, 4.69) is 32.7 Å². The summed E-state index contributed by atoms with van der Waals surface area (Å²) in [7, 11) is 0. The molecular weight excluding hydrogens is 302 g/mol. The summed E-state index contributed by atoms with van der Waals surface area (Å²) in [5.41, 5.74) is 1.52. The Morgan fingerprint density at radius 1 is 0.917 bits per heavy atom. The predicted octanol–water partition coefficient (Wildman–Crippen LogP) is 3.46. The topological polar surface area (TPSA) is 56.1 Å². The van der Waals surface area contributed by atoms with E-state index >= 15 is 0 Å². The third-order valence-electron chi connectivity index (χ3n) is 5.14. The number of ether oxygens (including phenoxy) is 2. The van der Waals surface area contributed by atoms with Crippen LogP contribution in [0.5, 0.6) is 0 Å². The largest absolute Gasteiger partial charge is 0.474 e. The Morgan fingerprint density at radius 2 is 1.38 bits per heavy atom. The maximum Gasteiger partial charge on any atom is 0.235 e. The van der Waals surface area contributed by atoms with Crippen molar-refractivity contribution in [2.24, 2.45) is 21.8 Å². The highest BCUT2D eigenvalue weighted by Crippen LogP contribution is 2.21. The standard InChI is InChI=1S/C19H27N3O2/c1-5-12(3)16-10-23-18(21-16)14-8-7-9-15(20-14)19-22-17(11-24-19)13(4)6-2/h7-9,12-13,16-17H,5-6,10-11H2,1-4H3. The fourth-order valence-corrected chi connectivity index (χ4v) is 2.86. The van der Waals surface area contributed by atoms with E-state index in [9.17, 15) is 0 Å². The molecule has 2 aliphatic rings. The van der Waals surface area contributed by atoms with Crippen LogP contribution in [-0.4, -0.2) is 42.1 Å². The summed E-state index contributed by atoms with van der Waals surface area (Å²) in [5, 5.41) is 0. The Balaban J connectivity index is 1.78. The third-order valence-corrected chi connectivity index (χ3v) is 5.14. The Kier molecular flexibility index (Phi) is 5.17. The lowest BCUT2D eigenvalue weighted by Gasteiger charge is -2.11. The highest BCUT2D eigenvalue weighted by Gasteiger charge is 2.27. The molecule has 4 unspecified atom stereocenters. The van der Waals surface area contributed by atoms with Crippen LogP contribution in [0, 0.1) is 11.8 Å². The number of nitrogens with zero attached hydrogens (tertiary/aromatic N) is 3. The quantitative estimate of drug-likeness (QED) is 0.803. The lowest BCUT2D eigenvalue weighted by atomic mass is 10.0. The molecule has 1 aromatic rings. The van der Waals surface area contributed by atoms with Gasteiger partial charge in [0, 0.05) is 0 Å². The van der Waals surface area contributed by atoms with Gasteiger partial charge >= 0.3 is 0 Å². The van der Waals surface area contributed by atoms with E-state index in [0.717, 1.165) is 24.2 Å². The molecule has 0 N–H and O–H groups in total. The lowest BCUT2D eigenvalue weighted by molar-refractivity contribution is 0.281. The smallest absolute Gasteiger partial charge is 0.235 e. The molecule has 0 spiro atoms. The molecule has 3 heterocycles. The third kappa shape index (κ3) is 3.45. The zero-order valence-electron chi connectivity index (χ0n) is 15.0. The van der Waals surface area contributed by atoms with Crippen molar-refractivity contribution in [1.29, 1.82) is 0 Å². The van der Waals surface area contributed by atoms with E-state index in [0.29, 0.717) is 36.8 Å². The van der Waals surface area contributed by atoms with E-state index < -0.39 is 0 Å². The summed E-state index contributed by atoms with van der Waals surface area (Å²) in [6.07, 6.45) is 2.19. The van der Waals surface area contributed by atoms with Gasteiger partial charge in [0.1, 0.15) is 24.6 Å². The summed E-state index contributed by atoms with van der Waals surface area (Å²) < 4.78 is 11.6. The molecule has 0 fully saturated rings. The average Bonchev–Trinajstić information content (AvgIpc) is 3.30. The maximum absolute atomic E-state index is 5.78. The number of aliphatic imine (C=N–C) groups is 2. The van der Waals surface area contributed by atoms with E-state index in [1.54, 1.807) is 0 Å². The molecule has 2 aliphatic heterocycles. The summed E-state index contributed by atoms with van der Waals surface area (Å²) >= 11 is 0. The van der Waals surface area contributed by atoms with E-state index in [1.807, 2.05) is 18.2 Å². The van der Waals surface area contributed by atoms with Crippen LogP contribution in [0.15, 0.2) is 28.2 Å². The van der Waals surface area contributed by atoms with E-state index in [1.165, 1.54) is 0 Å². The predicted molar refractivity (Wildman–Crippen MR) is 95.7 cm³/mol. The molecule has 0 aromatic carbocycles. The normalized spacial score (nSPS) is 25.5. The van der Waals surface area contributed by atoms with Crippen LogP contribution in [0.2, 0.25) is 0 Å². The minimum Gasteiger partial charge on any atom is -0.474 e. The molecule has 4 atom stereocenters. The first kappa shape index (κ1) is 16.9. The summed E-state index contributed by atoms with van der Waals surface area (Å²) in [4.78, 5) is 14.1. The SMILES string of the molecule is CCC(C)C1COC(c2cccc(C3=NC(C(C)CC)CO3)n2)=N1. The highest BCUT2D eigenvalue weighted by molar-refractivity contribution is 5.97. The number of rotatable bonds is 6. The molecule has 0 aliphatic carbocycles.